The Morgan fingerprint density at radius 3 is 2.96 bits per heavy atom. The van der Waals surface area contributed by atoms with Gasteiger partial charge in [-0.1, -0.05) is 17.7 Å². The number of benzene rings is 1. The minimum absolute atomic E-state index is 0.0194. The van der Waals surface area contributed by atoms with Crippen molar-refractivity contribution in [3.8, 4) is 0 Å². The van der Waals surface area contributed by atoms with Gasteiger partial charge in [-0.15, -0.1) is 0 Å². The first-order valence-corrected chi connectivity index (χ1v) is 8.98. The second kappa shape index (κ2) is 7.43. The molecule has 2 amide bonds. The molecule has 28 heavy (non-hydrogen) atoms. The Morgan fingerprint density at radius 2 is 2.21 bits per heavy atom. The lowest BCUT2D eigenvalue weighted by molar-refractivity contribution is 0.189. The van der Waals surface area contributed by atoms with Gasteiger partial charge in [-0.2, -0.15) is 5.10 Å². The highest BCUT2D eigenvalue weighted by molar-refractivity contribution is 6.30. The fourth-order valence-corrected chi connectivity index (χ4v) is 3.29. The van der Waals surface area contributed by atoms with Crippen LogP contribution in [0.4, 0.5) is 15.1 Å². The number of aromatic nitrogens is 4. The van der Waals surface area contributed by atoms with E-state index in [1.165, 1.54) is 12.1 Å². The fraction of sp³-hybridized carbons (Fsp3) is 0.222. The van der Waals surface area contributed by atoms with E-state index in [-0.39, 0.29) is 17.0 Å². The molecule has 1 aromatic carbocycles. The number of halogens is 2. The molecule has 1 aliphatic heterocycles. The average Bonchev–Trinajstić information content (AvgIpc) is 3.22. The van der Waals surface area contributed by atoms with Crippen LogP contribution in [-0.2, 0) is 13.0 Å². The van der Waals surface area contributed by atoms with Crippen LogP contribution in [0.3, 0.4) is 0 Å². The van der Waals surface area contributed by atoms with Crippen LogP contribution >= 0.6 is 11.6 Å². The van der Waals surface area contributed by atoms with Crippen LogP contribution in [0, 0.1) is 5.82 Å². The van der Waals surface area contributed by atoms with Crippen LogP contribution in [-0.4, -0.2) is 37.6 Å². The first-order valence-electron chi connectivity index (χ1n) is 8.60. The molecule has 8 nitrogen and oxygen atoms in total. The van der Waals surface area contributed by atoms with Crippen molar-refractivity contribution in [1.29, 1.82) is 0 Å². The monoisotopic (exact) mass is 401 g/mol. The minimum Gasteiger partial charge on any atom is -0.368 e. The summed E-state index contributed by atoms with van der Waals surface area (Å²) in [5.41, 5.74) is 8.61. The number of fused-ring (bicyclic) bond motifs is 1. The van der Waals surface area contributed by atoms with Crippen LogP contribution in [0.2, 0.25) is 5.02 Å². The van der Waals surface area contributed by atoms with Gasteiger partial charge >= 0.3 is 6.03 Å². The zero-order chi connectivity index (χ0) is 19.7. The third-order valence-corrected chi connectivity index (χ3v) is 4.96. The smallest absolute Gasteiger partial charge is 0.318 e. The van der Waals surface area contributed by atoms with Gasteiger partial charge in [0.1, 0.15) is 5.82 Å². The summed E-state index contributed by atoms with van der Waals surface area (Å²) in [4.78, 5) is 22.8. The van der Waals surface area contributed by atoms with Crippen molar-refractivity contribution in [1.82, 2.24) is 30.4 Å². The van der Waals surface area contributed by atoms with Crippen molar-refractivity contribution in [2.24, 2.45) is 0 Å². The third-order valence-electron chi connectivity index (χ3n) is 4.65. The summed E-state index contributed by atoms with van der Waals surface area (Å²) in [7, 11) is 0. The van der Waals surface area contributed by atoms with E-state index in [0.717, 1.165) is 11.3 Å². The summed E-state index contributed by atoms with van der Waals surface area (Å²) in [6, 6.07) is 3.55. The Labute approximate surface area is 164 Å². The largest absolute Gasteiger partial charge is 0.368 e. The van der Waals surface area contributed by atoms with E-state index < -0.39 is 11.9 Å². The van der Waals surface area contributed by atoms with Gasteiger partial charge in [0.15, 0.2) is 0 Å². The molecule has 2 aromatic heterocycles. The standard InChI is InChI=1S/C18H17ClFN7O/c19-13-2-1-10(5-14(13)20)16(12-7-23-24-8-12)26-18(28)27-4-3-11-6-22-17(21)25-15(11)9-27/h1-2,5-8,16H,3-4,9H2,(H,23,24)(H,26,28)(H2,21,22,25). The second-order valence-corrected chi connectivity index (χ2v) is 6.87. The summed E-state index contributed by atoms with van der Waals surface area (Å²) >= 11 is 5.79. The molecule has 0 aliphatic carbocycles. The van der Waals surface area contributed by atoms with Crippen LogP contribution < -0.4 is 11.1 Å². The number of amides is 2. The number of nitrogens with zero attached hydrogens (tertiary/aromatic N) is 4. The molecule has 0 radical (unpaired) electrons. The third kappa shape index (κ3) is 3.61. The highest BCUT2D eigenvalue weighted by atomic mass is 35.5. The van der Waals surface area contributed by atoms with E-state index in [0.29, 0.717) is 30.6 Å². The molecule has 0 fully saturated rings. The lowest BCUT2D eigenvalue weighted by atomic mass is 10.0. The van der Waals surface area contributed by atoms with Crippen molar-refractivity contribution >= 4 is 23.6 Å². The van der Waals surface area contributed by atoms with Crippen molar-refractivity contribution in [2.75, 3.05) is 12.3 Å². The normalized spacial score (nSPS) is 14.4. The highest BCUT2D eigenvalue weighted by Gasteiger charge is 2.26. The van der Waals surface area contributed by atoms with E-state index in [4.69, 9.17) is 17.3 Å². The van der Waals surface area contributed by atoms with E-state index in [1.807, 2.05) is 0 Å². The Morgan fingerprint density at radius 1 is 1.36 bits per heavy atom. The lowest BCUT2D eigenvalue weighted by Crippen LogP contribution is -2.44. The van der Waals surface area contributed by atoms with Gasteiger partial charge in [0.2, 0.25) is 5.95 Å². The van der Waals surface area contributed by atoms with Crippen LogP contribution in [0.15, 0.2) is 36.8 Å². The van der Waals surface area contributed by atoms with Crippen molar-refractivity contribution < 1.29 is 9.18 Å². The van der Waals surface area contributed by atoms with Gasteiger partial charge in [-0.3, -0.25) is 5.10 Å². The summed E-state index contributed by atoms with van der Waals surface area (Å²) in [5.74, 6) is -0.380. The number of urea groups is 1. The van der Waals surface area contributed by atoms with Crippen LogP contribution in [0.1, 0.15) is 28.4 Å². The summed E-state index contributed by atoms with van der Waals surface area (Å²) < 4.78 is 14.0. The molecule has 4 N–H and O–H groups in total. The van der Waals surface area contributed by atoms with Gasteiger partial charge in [0.05, 0.1) is 29.5 Å². The number of carbonyl (C=O) groups is 1. The molecular formula is C18H17ClFN7O. The fourth-order valence-electron chi connectivity index (χ4n) is 3.18. The van der Waals surface area contributed by atoms with Crippen molar-refractivity contribution in [2.45, 2.75) is 19.0 Å². The molecular weight excluding hydrogens is 385 g/mol. The summed E-state index contributed by atoms with van der Waals surface area (Å²) in [6.45, 7) is 0.834. The van der Waals surface area contributed by atoms with Crippen LogP contribution in [0.25, 0.3) is 0 Å². The zero-order valence-corrected chi connectivity index (χ0v) is 15.4. The SMILES string of the molecule is Nc1ncc2c(n1)CN(C(=O)NC(c1cn[nH]c1)c1ccc(Cl)c(F)c1)CC2. The molecule has 4 rings (SSSR count). The predicted molar refractivity (Wildman–Crippen MR) is 101 cm³/mol. The first kappa shape index (κ1) is 18.2. The number of H-pyrrole nitrogens is 1. The van der Waals surface area contributed by atoms with Crippen molar-refractivity contribution in [3.05, 3.63) is 70.0 Å². The van der Waals surface area contributed by atoms with Crippen molar-refractivity contribution in [3.63, 3.8) is 0 Å². The molecule has 1 unspecified atom stereocenters. The molecule has 3 aromatic rings. The maximum absolute atomic E-state index is 14.0. The number of hydrogen-bond acceptors (Lipinski definition) is 5. The average molecular weight is 402 g/mol. The number of nitrogen functional groups attached to an aromatic ring is 1. The maximum atomic E-state index is 14.0. The van der Waals surface area contributed by atoms with E-state index in [9.17, 15) is 9.18 Å². The molecule has 0 bridgehead atoms. The van der Waals surface area contributed by atoms with Gasteiger partial charge in [-0.25, -0.2) is 19.2 Å². The maximum Gasteiger partial charge on any atom is 0.318 e. The Bertz CT molecular complexity index is 1010. The summed E-state index contributed by atoms with van der Waals surface area (Å²) in [6.07, 6.45) is 5.56. The molecule has 0 saturated carbocycles. The molecule has 144 valence electrons. The predicted octanol–water partition coefficient (Wildman–Crippen LogP) is 2.43. The molecule has 3 heterocycles. The van der Waals surface area contributed by atoms with Gasteiger partial charge < -0.3 is 16.0 Å². The Balaban J connectivity index is 1.57. The minimum atomic E-state index is -0.588. The Kier molecular flexibility index (Phi) is 4.82. The number of nitrogens with two attached hydrogens (primary N) is 1. The van der Waals surface area contributed by atoms with E-state index >= 15 is 0 Å². The van der Waals surface area contributed by atoms with Gasteiger partial charge in [0, 0.05) is 24.5 Å². The molecule has 10 heteroatoms. The lowest BCUT2D eigenvalue weighted by Gasteiger charge is -2.30. The number of carbonyl (C=O) groups excluding carboxylic acids is 1. The first-order chi connectivity index (χ1) is 13.5. The van der Waals surface area contributed by atoms with E-state index in [2.05, 4.69) is 25.5 Å². The quantitative estimate of drug-likeness (QED) is 0.623. The highest BCUT2D eigenvalue weighted by Crippen LogP contribution is 2.26. The molecule has 0 saturated heterocycles. The number of anilines is 1. The van der Waals surface area contributed by atoms with E-state index in [1.54, 1.807) is 29.6 Å². The Hall–Kier alpha value is -3.20. The molecule has 1 aliphatic rings. The molecule has 0 spiro atoms. The van der Waals surface area contributed by atoms with Gasteiger partial charge in [-0.05, 0) is 29.7 Å². The van der Waals surface area contributed by atoms with Gasteiger partial charge in [0.25, 0.3) is 0 Å². The topological polar surface area (TPSA) is 113 Å². The molecule has 1 atom stereocenters. The van der Waals surface area contributed by atoms with Crippen LogP contribution in [0.5, 0.6) is 0 Å². The zero-order valence-electron chi connectivity index (χ0n) is 14.7. The second-order valence-electron chi connectivity index (χ2n) is 6.46. The number of nitrogens with one attached hydrogen (secondary N) is 2. The summed E-state index contributed by atoms with van der Waals surface area (Å²) in [5, 5.41) is 9.60. The number of hydrogen-bond donors (Lipinski definition) is 3. The number of aromatic amines is 1. The number of rotatable bonds is 3.